The lowest BCUT2D eigenvalue weighted by Gasteiger charge is -2.34. The fourth-order valence-electron chi connectivity index (χ4n) is 1.97. The first-order valence-electron chi connectivity index (χ1n) is 4.47. The summed E-state index contributed by atoms with van der Waals surface area (Å²) in [5, 5.41) is 0. The zero-order chi connectivity index (χ0) is 8.16. The van der Waals surface area contributed by atoms with E-state index in [2.05, 4.69) is 0 Å². The average Bonchev–Trinajstić information content (AvgIpc) is 2.07. The molecule has 0 bridgehead atoms. The maximum absolute atomic E-state index is 10.4. The van der Waals surface area contributed by atoms with Gasteiger partial charge < -0.3 is 10.5 Å². The first kappa shape index (κ1) is 11.6. The second-order valence-corrected chi connectivity index (χ2v) is 3.64. The van der Waals surface area contributed by atoms with Crippen molar-refractivity contribution in [3.05, 3.63) is 0 Å². The molecule has 2 heteroatoms. The minimum atomic E-state index is 0. The third-order valence-electron chi connectivity index (χ3n) is 2.86. The van der Waals surface area contributed by atoms with E-state index in [9.17, 15) is 4.79 Å². The lowest BCUT2D eigenvalue weighted by atomic mass is 9.72. The first-order valence-corrected chi connectivity index (χ1v) is 4.47. The predicted molar refractivity (Wildman–Crippen MR) is 52.0 cm³/mol. The summed E-state index contributed by atoms with van der Waals surface area (Å²) in [4.78, 5) is 10.4. The molecule has 1 rings (SSSR count). The van der Waals surface area contributed by atoms with Gasteiger partial charge in [-0.25, -0.2) is 0 Å². The third kappa shape index (κ3) is 2.59. The van der Waals surface area contributed by atoms with Gasteiger partial charge in [-0.1, -0.05) is 26.7 Å². The maximum Gasteiger partial charge on any atom is 0.120 e. The normalized spacial score (nSPS) is 21.1. The monoisotopic (exact) mass is 171 g/mol. The molecule has 0 atom stereocenters. The molecule has 1 saturated carbocycles. The van der Waals surface area contributed by atoms with Crippen LogP contribution < -0.4 is 5.73 Å². The number of aldehydes is 1. The highest BCUT2D eigenvalue weighted by atomic mass is 16.1. The van der Waals surface area contributed by atoms with E-state index < -0.39 is 0 Å². The largest absolute Gasteiger partial charge is 0.330 e. The minimum Gasteiger partial charge on any atom is -0.330 e. The zero-order valence-corrected chi connectivity index (χ0v) is 7.01. The average molecular weight is 171 g/mol. The molecule has 0 spiro atoms. The highest BCUT2D eigenvalue weighted by Crippen LogP contribution is 2.37. The quantitative estimate of drug-likeness (QED) is 0.661. The Morgan fingerprint density at radius 1 is 1.25 bits per heavy atom. The zero-order valence-electron chi connectivity index (χ0n) is 7.01. The van der Waals surface area contributed by atoms with Gasteiger partial charge in [0.25, 0.3) is 0 Å². The Morgan fingerprint density at radius 2 is 1.83 bits per heavy atom. The minimum absolute atomic E-state index is 0. The van der Waals surface area contributed by atoms with Crippen molar-refractivity contribution in [2.75, 3.05) is 6.54 Å². The molecule has 0 amide bonds. The molecule has 0 radical (unpaired) electrons. The van der Waals surface area contributed by atoms with Crippen LogP contribution in [0.3, 0.4) is 0 Å². The van der Waals surface area contributed by atoms with Crippen molar-refractivity contribution in [1.29, 1.82) is 0 Å². The van der Waals surface area contributed by atoms with Gasteiger partial charge in [0.05, 0.1) is 0 Å². The van der Waals surface area contributed by atoms with Gasteiger partial charge in [0, 0.05) is 6.42 Å². The standard InChI is InChI=1S/C9H17NO.CH4/c10-8-9(6-7-11)4-2-1-3-5-9;/h7H,1-6,8,10H2;1H4. The smallest absolute Gasteiger partial charge is 0.120 e. The third-order valence-corrected chi connectivity index (χ3v) is 2.86. The van der Waals surface area contributed by atoms with E-state index in [1.807, 2.05) is 0 Å². The Hall–Kier alpha value is -0.370. The van der Waals surface area contributed by atoms with Crippen molar-refractivity contribution in [1.82, 2.24) is 0 Å². The molecular weight excluding hydrogens is 150 g/mol. The summed E-state index contributed by atoms with van der Waals surface area (Å²) in [7, 11) is 0. The van der Waals surface area contributed by atoms with Crippen LogP contribution in [-0.4, -0.2) is 12.8 Å². The molecule has 2 nitrogen and oxygen atoms in total. The molecule has 1 fully saturated rings. The Balaban J connectivity index is 0.00000121. The van der Waals surface area contributed by atoms with Gasteiger partial charge in [-0.05, 0) is 24.8 Å². The predicted octanol–water partition coefficient (Wildman–Crippen LogP) is 2.12. The molecular formula is C10H21NO. The molecule has 0 aromatic carbocycles. The second-order valence-electron chi connectivity index (χ2n) is 3.64. The summed E-state index contributed by atoms with van der Waals surface area (Å²) in [6, 6.07) is 0. The molecule has 72 valence electrons. The van der Waals surface area contributed by atoms with Gasteiger partial charge in [0.1, 0.15) is 6.29 Å². The van der Waals surface area contributed by atoms with E-state index in [1.54, 1.807) is 0 Å². The van der Waals surface area contributed by atoms with Crippen molar-refractivity contribution in [2.24, 2.45) is 11.1 Å². The van der Waals surface area contributed by atoms with Crippen LogP contribution >= 0.6 is 0 Å². The van der Waals surface area contributed by atoms with Crippen LogP contribution in [-0.2, 0) is 4.79 Å². The van der Waals surface area contributed by atoms with Gasteiger partial charge in [-0.3, -0.25) is 0 Å². The van der Waals surface area contributed by atoms with Crippen LogP contribution in [0.2, 0.25) is 0 Å². The maximum atomic E-state index is 10.4. The Kier molecular flexibility index (Phi) is 5.14. The summed E-state index contributed by atoms with van der Waals surface area (Å²) >= 11 is 0. The van der Waals surface area contributed by atoms with Crippen LogP contribution in [0.1, 0.15) is 46.0 Å². The van der Waals surface area contributed by atoms with E-state index in [0.717, 1.165) is 19.1 Å². The van der Waals surface area contributed by atoms with Gasteiger partial charge >= 0.3 is 0 Å². The topological polar surface area (TPSA) is 43.1 Å². The van der Waals surface area contributed by atoms with Gasteiger partial charge in [0.15, 0.2) is 0 Å². The molecule has 2 N–H and O–H groups in total. The van der Waals surface area contributed by atoms with Crippen molar-refractivity contribution in [2.45, 2.75) is 46.0 Å². The lowest BCUT2D eigenvalue weighted by molar-refractivity contribution is -0.110. The van der Waals surface area contributed by atoms with Crippen LogP contribution in [0.4, 0.5) is 0 Å². The van der Waals surface area contributed by atoms with Crippen molar-refractivity contribution in [3.8, 4) is 0 Å². The molecule has 0 aromatic rings. The molecule has 1 aliphatic rings. The molecule has 12 heavy (non-hydrogen) atoms. The van der Waals surface area contributed by atoms with Crippen molar-refractivity contribution in [3.63, 3.8) is 0 Å². The van der Waals surface area contributed by atoms with Crippen molar-refractivity contribution < 1.29 is 4.79 Å². The Bertz CT molecular complexity index is 128. The molecule has 1 aliphatic carbocycles. The SMILES string of the molecule is C.NCC1(CC=O)CCCCC1. The molecule has 0 aliphatic heterocycles. The van der Waals surface area contributed by atoms with Gasteiger partial charge in [-0.15, -0.1) is 0 Å². The molecule has 0 aromatic heterocycles. The number of rotatable bonds is 3. The van der Waals surface area contributed by atoms with Crippen LogP contribution in [0.25, 0.3) is 0 Å². The summed E-state index contributed by atoms with van der Waals surface area (Å²) < 4.78 is 0. The highest BCUT2D eigenvalue weighted by Gasteiger charge is 2.29. The van der Waals surface area contributed by atoms with Crippen LogP contribution in [0.15, 0.2) is 0 Å². The Morgan fingerprint density at radius 3 is 2.25 bits per heavy atom. The second kappa shape index (κ2) is 5.31. The number of nitrogens with two attached hydrogens (primary N) is 1. The van der Waals surface area contributed by atoms with E-state index in [0.29, 0.717) is 13.0 Å². The fourth-order valence-corrected chi connectivity index (χ4v) is 1.97. The van der Waals surface area contributed by atoms with E-state index in [4.69, 9.17) is 5.73 Å². The van der Waals surface area contributed by atoms with E-state index in [-0.39, 0.29) is 12.8 Å². The summed E-state index contributed by atoms with van der Waals surface area (Å²) in [6.07, 6.45) is 7.84. The van der Waals surface area contributed by atoms with E-state index >= 15 is 0 Å². The number of hydrogen-bond acceptors (Lipinski definition) is 2. The van der Waals surface area contributed by atoms with Gasteiger partial charge in [-0.2, -0.15) is 0 Å². The molecule has 0 heterocycles. The molecule has 0 saturated heterocycles. The van der Waals surface area contributed by atoms with Crippen LogP contribution in [0.5, 0.6) is 0 Å². The number of carbonyl (C=O) groups excluding carboxylic acids is 1. The van der Waals surface area contributed by atoms with Crippen molar-refractivity contribution >= 4 is 6.29 Å². The number of carbonyl (C=O) groups is 1. The van der Waals surface area contributed by atoms with Crippen LogP contribution in [0, 0.1) is 5.41 Å². The lowest BCUT2D eigenvalue weighted by Crippen LogP contribution is -2.33. The summed E-state index contributed by atoms with van der Waals surface area (Å²) in [5.41, 5.74) is 5.85. The van der Waals surface area contributed by atoms with Gasteiger partial charge in [0.2, 0.25) is 0 Å². The fraction of sp³-hybridized carbons (Fsp3) is 0.900. The highest BCUT2D eigenvalue weighted by molar-refractivity contribution is 5.50. The summed E-state index contributed by atoms with van der Waals surface area (Å²) in [5.74, 6) is 0. The van der Waals surface area contributed by atoms with E-state index in [1.165, 1.54) is 19.3 Å². The molecule has 0 unspecified atom stereocenters. The Labute approximate surface area is 75.5 Å². The summed E-state index contributed by atoms with van der Waals surface area (Å²) in [6.45, 7) is 0.686. The first-order chi connectivity index (χ1) is 5.33. The number of hydrogen-bond donors (Lipinski definition) is 1.